The molecule has 1 aromatic carbocycles. The number of aliphatic imine (C=N–C) groups is 1. The second kappa shape index (κ2) is 6.16. The second-order valence-electron chi connectivity index (χ2n) is 4.00. The first-order valence-electron chi connectivity index (χ1n) is 5.37. The predicted octanol–water partition coefficient (Wildman–Crippen LogP) is 3.00. The Morgan fingerprint density at radius 3 is 2.50 bits per heavy atom. The van der Waals surface area contributed by atoms with Crippen LogP contribution < -0.4 is 10.6 Å². The molecule has 0 saturated heterocycles. The van der Waals surface area contributed by atoms with E-state index < -0.39 is 0 Å². The number of nitrogens with one attached hydrogen (secondary N) is 4. The molecule has 5 nitrogen and oxygen atoms in total. The third-order valence-electron chi connectivity index (χ3n) is 2.02. The highest BCUT2D eigenvalue weighted by Gasteiger charge is 2.02. The van der Waals surface area contributed by atoms with Crippen molar-refractivity contribution in [2.24, 2.45) is 4.99 Å². The Kier molecular flexibility index (Phi) is 4.85. The normalized spacial score (nSPS) is 9.56. The molecule has 0 saturated carbocycles. The first kappa shape index (κ1) is 14.2. The molecular formula is C12H16ClN5. The van der Waals surface area contributed by atoms with E-state index in [1.54, 1.807) is 19.9 Å². The van der Waals surface area contributed by atoms with E-state index in [4.69, 9.17) is 22.4 Å². The number of aryl methyl sites for hydroxylation is 1. The van der Waals surface area contributed by atoms with Gasteiger partial charge in [0.15, 0.2) is 5.96 Å². The van der Waals surface area contributed by atoms with Crippen molar-refractivity contribution in [3.8, 4) is 0 Å². The topological polar surface area (TPSA) is 84.1 Å². The third kappa shape index (κ3) is 4.55. The number of nitrogens with zero attached hydrogens (tertiary/aromatic N) is 1. The van der Waals surface area contributed by atoms with Crippen LogP contribution in [0.25, 0.3) is 0 Å². The Hall–Kier alpha value is -1.88. The summed E-state index contributed by atoms with van der Waals surface area (Å²) in [6.07, 6.45) is 0. The van der Waals surface area contributed by atoms with Gasteiger partial charge < -0.3 is 5.32 Å². The highest BCUT2D eigenvalue weighted by Crippen LogP contribution is 2.19. The molecule has 0 aliphatic heterocycles. The minimum atomic E-state index is -0.0780. The molecule has 1 rings (SSSR count). The lowest BCUT2D eigenvalue weighted by Gasteiger charge is -2.10. The maximum absolute atomic E-state index is 7.65. The highest BCUT2D eigenvalue weighted by molar-refractivity contribution is 6.31. The van der Waals surface area contributed by atoms with Crippen molar-refractivity contribution in [3.63, 3.8) is 0 Å². The maximum Gasteiger partial charge on any atom is 0.221 e. The largest absolute Gasteiger partial charge is 0.326 e. The van der Waals surface area contributed by atoms with E-state index >= 15 is 0 Å². The molecule has 0 unspecified atom stereocenters. The summed E-state index contributed by atoms with van der Waals surface area (Å²) in [4.78, 5) is 3.87. The predicted molar refractivity (Wildman–Crippen MR) is 77.2 cm³/mol. The smallest absolute Gasteiger partial charge is 0.221 e. The van der Waals surface area contributed by atoms with Crippen LogP contribution >= 0.6 is 11.6 Å². The van der Waals surface area contributed by atoms with Gasteiger partial charge in [0.25, 0.3) is 0 Å². The van der Waals surface area contributed by atoms with Crippen LogP contribution in [0.2, 0.25) is 5.02 Å². The molecule has 1 aromatic rings. The van der Waals surface area contributed by atoms with Crippen LogP contribution in [0.3, 0.4) is 0 Å². The molecular weight excluding hydrogens is 250 g/mol. The van der Waals surface area contributed by atoms with Gasteiger partial charge in [0, 0.05) is 16.4 Å². The fourth-order valence-corrected chi connectivity index (χ4v) is 1.40. The average Bonchev–Trinajstić information content (AvgIpc) is 2.21. The molecule has 0 spiro atoms. The highest BCUT2D eigenvalue weighted by atomic mass is 35.5. The molecule has 6 heteroatoms. The minimum Gasteiger partial charge on any atom is -0.326 e. The zero-order valence-electron chi connectivity index (χ0n) is 10.6. The van der Waals surface area contributed by atoms with Crippen LogP contribution in [0.4, 0.5) is 5.69 Å². The summed E-state index contributed by atoms with van der Waals surface area (Å²) in [5.41, 5.74) is 2.41. The lowest BCUT2D eigenvalue weighted by atomic mass is 10.2. The van der Waals surface area contributed by atoms with Crippen LogP contribution in [0, 0.1) is 17.7 Å². The van der Waals surface area contributed by atoms with Crippen molar-refractivity contribution in [2.45, 2.75) is 20.8 Å². The molecule has 0 heterocycles. The van der Waals surface area contributed by atoms with Crippen LogP contribution in [0.15, 0.2) is 23.2 Å². The molecule has 4 N–H and O–H groups in total. The lowest BCUT2D eigenvalue weighted by molar-refractivity contribution is 1.20. The molecule has 0 aliphatic carbocycles. The van der Waals surface area contributed by atoms with E-state index in [1.165, 1.54) is 0 Å². The number of anilines is 1. The quantitative estimate of drug-likeness (QED) is 0.465. The number of benzene rings is 1. The number of halogens is 1. The van der Waals surface area contributed by atoms with Gasteiger partial charge in [-0.15, -0.1) is 0 Å². The summed E-state index contributed by atoms with van der Waals surface area (Å²) in [6, 6.07) is 5.40. The third-order valence-corrected chi connectivity index (χ3v) is 2.43. The summed E-state index contributed by atoms with van der Waals surface area (Å²) in [7, 11) is 0. The van der Waals surface area contributed by atoms with Crippen molar-refractivity contribution < 1.29 is 0 Å². The maximum atomic E-state index is 7.65. The van der Waals surface area contributed by atoms with Gasteiger partial charge in [-0.2, -0.15) is 0 Å². The van der Waals surface area contributed by atoms with Gasteiger partial charge in [0.2, 0.25) is 5.96 Å². The Morgan fingerprint density at radius 1 is 1.28 bits per heavy atom. The van der Waals surface area contributed by atoms with Gasteiger partial charge >= 0.3 is 0 Å². The van der Waals surface area contributed by atoms with Gasteiger partial charge in [-0.05, 0) is 38.5 Å². The van der Waals surface area contributed by atoms with E-state index in [1.807, 2.05) is 19.1 Å². The van der Waals surface area contributed by atoms with E-state index in [0.29, 0.717) is 10.7 Å². The van der Waals surface area contributed by atoms with Gasteiger partial charge in [0.1, 0.15) is 0 Å². The Bertz CT molecular complexity index is 503. The van der Waals surface area contributed by atoms with Gasteiger partial charge in [-0.3, -0.25) is 16.1 Å². The van der Waals surface area contributed by atoms with Gasteiger partial charge in [-0.25, -0.2) is 4.99 Å². The summed E-state index contributed by atoms with van der Waals surface area (Å²) < 4.78 is 0. The first-order valence-corrected chi connectivity index (χ1v) is 5.75. The monoisotopic (exact) mass is 265 g/mol. The summed E-state index contributed by atoms with van der Waals surface area (Å²) in [6.45, 7) is 5.48. The Balaban J connectivity index is 2.62. The van der Waals surface area contributed by atoms with Crippen LogP contribution in [0.5, 0.6) is 0 Å². The van der Waals surface area contributed by atoms with Crippen LogP contribution in [-0.2, 0) is 0 Å². The molecule has 0 radical (unpaired) electrons. The molecule has 96 valence electrons. The molecule has 0 fully saturated rings. The summed E-state index contributed by atoms with van der Waals surface area (Å²) in [5.74, 6) is -0.101. The molecule has 0 amide bonds. The molecule has 18 heavy (non-hydrogen) atoms. The van der Waals surface area contributed by atoms with Crippen molar-refractivity contribution in [1.29, 1.82) is 10.8 Å². The van der Waals surface area contributed by atoms with Crippen molar-refractivity contribution in [2.75, 3.05) is 5.32 Å². The van der Waals surface area contributed by atoms with Crippen molar-refractivity contribution in [3.05, 3.63) is 28.8 Å². The van der Waals surface area contributed by atoms with E-state index in [2.05, 4.69) is 15.6 Å². The number of rotatable bonds is 1. The lowest BCUT2D eigenvalue weighted by Crippen LogP contribution is -2.33. The number of guanidine groups is 2. The summed E-state index contributed by atoms with van der Waals surface area (Å²) in [5, 5.41) is 21.1. The minimum absolute atomic E-state index is 0.0232. The number of hydrogen-bond donors (Lipinski definition) is 4. The van der Waals surface area contributed by atoms with Crippen molar-refractivity contribution >= 4 is 34.9 Å². The standard InChI is InChI=1S/C12H16ClN5/c1-7(2)16-11(14)18-12(15)17-9-5-4-8(3)10(13)6-9/h4-6H,1-3H3,(H4,14,15,17,18). The average molecular weight is 266 g/mol. The zero-order valence-corrected chi connectivity index (χ0v) is 11.3. The van der Waals surface area contributed by atoms with Crippen molar-refractivity contribution in [1.82, 2.24) is 5.32 Å². The molecule has 0 bridgehead atoms. The molecule has 0 aromatic heterocycles. The zero-order chi connectivity index (χ0) is 13.7. The van der Waals surface area contributed by atoms with E-state index in [0.717, 1.165) is 11.3 Å². The fraction of sp³-hybridized carbons (Fsp3) is 0.250. The number of hydrogen-bond acceptors (Lipinski definition) is 2. The second-order valence-corrected chi connectivity index (χ2v) is 4.40. The first-order chi connectivity index (χ1) is 8.38. The van der Waals surface area contributed by atoms with Crippen LogP contribution in [-0.4, -0.2) is 17.6 Å². The van der Waals surface area contributed by atoms with E-state index in [9.17, 15) is 0 Å². The van der Waals surface area contributed by atoms with Gasteiger partial charge in [0.05, 0.1) is 0 Å². The molecule has 0 aliphatic rings. The van der Waals surface area contributed by atoms with E-state index in [-0.39, 0.29) is 11.9 Å². The van der Waals surface area contributed by atoms with Gasteiger partial charge in [-0.1, -0.05) is 17.7 Å². The van der Waals surface area contributed by atoms with Crippen LogP contribution in [0.1, 0.15) is 19.4 Å². The summed E-state index contributed by atoms with van der Waals surface area (Å²) >= 11 is 5.98. The fourth-order valence-electron chi connectivity index (χ4n) is 1.22. The SMILES string of the molecule is CC(C)=NC(=N)NC(=N)Nc1ccc(C)c(Cl)c1. The Labute approximate surface area is 111 Å². The Morgan fingerprint density at radius 2 is 1.94 bits per heavy atom. The molecule has 0 atom stereocenters.